The molecule has 0 saturated carbocycles. The van der Waals surface area contributed by atoms with Gasteiger partial charge in [-0.3, -0.25) is 4.79 Å². The van der Waals surface area contributed by atoms with Crippen molar-refractivity contribution in [2.45, 2.75) is 24.5 Å². The van der Waals surface area contributed by atoms with E-state index in [0.717, 1.165) is 6.42 Å². The van der Waals surface area contributed by atoms with Crippen molar-refractivity contribution in [1.29, 1.82) is 0 Å². The van der Waals surface area contributed by atoms with Crippen molar-refractivity contribution >= 4 is 27.5 Å². The van der Waals surface area contributed by atoms with Gasteiger partial charge in [0.2, 0.25) is 5.91 Å². The highest BCUT2D eigenvalue weighted by atomic mass is 79.9. The van der Waals surface area contributed by atoms with Crippen LogP contribution in [-0.2, 0) is 4.79 Å². The molecule has 0 N–H and O–H groups in total. The summed E-state index contributed by atoms with van der Waals surface area (Å²) in [5, 5.41) is 0. The Hall–Kier alpha value is -1.37. The van der Waals surface area contributed by atoms with Gasteiger partial charge in [0.15, 0.2) is 11.5 Å². The van der Waals surface area contributed by atoms with Crippen molar-refractivity contribution in [1.82, 2.24) is 0 Å². The zero-order valence-electron chi connectivity index (χ0n) is 10.6. The molecule has 1 aromatic carbocycles. The van der Waals surface area contributed by atoms with E-state index in [0.29, 0.717) is 12.2 Å². The first kappa shape index (κ1) is 13.6. The van der Waals surface area contributed by atoms with E-state index in [2.05, 4.69) is 25.4 Å². The lowest BCUT2D eigenvalue weighted by molar-refractivity contribution is -0.286. The number of para-hydroxylation sites is 1. The van der Waals surface area contributed by atoms with Crippen molar-refractivity contribution in [2.24, 2.45) is 5.92 Å². The quantitative estimate of drug-likeness (QED) is 0.771. The first-order valence-corrected chi connectivity index (χ1v) is 7.19. The summed E-state index contributed by atoms with van der Waals surface area (Å²) >= 11 is 3.36. The Labute approximate surface area is 122 Å². The molecule has 7 heteroatoms. The Morgan fingerprint density at radius 3 is 2.85 bits per heavy atom. The minimum Gasteiger partial charge on any atom is -0.395 e. The molecule has 4 nitrogen and oxygen atoms in total. The smallest absolute Gasteiger partial charge is 0.395 e. The van der Waals surface area contributed by atoms with E-state index in [1.54, 1.807) is 12.1 Å². The molecule has 20 heavy (non-hydrogen) atoms. The summed E-state index contributed by atoms with van der Waals surface area (Å²) < 4.78 is 35.3. The molecule has 0 aromatic heterocycles. The number of carbonyl (C=O) groups excluding carboxylic acids is 1. The molecular weight excluding hydrogens is 336 g/mol. The number of halogens is 3. The number of alkyl halides is 3. The lowest BCUT2D eigenvalue weighted by Crippen LogP contribution is -2.29. The summed E-state index contributed by atoms with van der Waals surface area (Å²) in [7, 11) is 0. The highest BCUT2D eigenvalue weighted by Crippen LogP contribution is 2.48. The van der Waals surface area contributed by atoms with Gasteiger partial charge >= 0.3 is 6.29 Å². The maximum atomic E-state index is 13.2. The molecule has 2 atom stereocenters. The molecule has 2 unspecified atom stereocenters. The Morgan fingerprint density at radius 1 is 1.45 bits per heavy atom. The van der Waals surface area contributed by atoms with E-state index in [1.807, 2.05) is 6.92 Å². The zero-order chi connectivity index (χ0) is 14.5. The molecule has 0 aliphatic carbocycles. The molecule has 2 aliphatic heterocycles. The Bertz CT molecular complexity index is 567. The summed E-state index contributed by atoms with van der Waals surface area (Å²) in [5.41, 5.74) is 0.324. The predicted octanol–water partition coefficient (Wildman–Crippen LogP) is 3.14. The summed E-state index contributed by atoms with van der Waals surface area (Å²) in [5.74, 6) is -0.140. The number of hydrogen-bond donors (Lipinski definition) is 0. The molecule has 0 radical (unpaired) electrons. The fourth-order valence-electron chi connectivity index (χ4n) is 2.49. The molecule has 1 fully saturated rings. The molecule has 0 spiro atoms. The minimum absolute atomic E-state index is 0.0497. The third kappa shape index (κ3) is 2.04. The number of hydrogen-bond acceptors (Lipinski definition) is 3. The number of anilines is 1. The van der Waals surface area contributed by atoms with Crippen LogP contribution in [0.5, 0.6) is 11.5 Å². The molecule has 3 rings (SSSR count). The second kappa shape index (κ2) is 4.58. The van der Waals surface area contributed by atoms with Crippen LogP contribution >= 0.6 is 15.9 Å². The second-order valence-electron chi connectivity index (χ2n) is 4.79. The van der Waals surface area contributed by atoms with Gasteiger partial charge in [-0.15, -0.1) is 8.78 Å². The van der Waals surface area contributed by atoms with Crippen LogP contribution < -0.4 is 14.4 Å². The molecule has 0 bridgehead atoms. The minimum atomic E-state index is -3.68. The van der Waals surface area contributed by atoms with Crippen LogP contribution in [0.4, 0.5) is 14.5 Å². The molecule has 108 valence electrons. The van der Waals surface area contributed by atoms with E-state index in [-0.39, 0.29) is 28.2 Å². The van der Waals surface area contributed by atoms with E-state index in [9.17, 15) is 13.6 Å². The summed E-state index contributed by atoms with van der Waals surface area (Å²) in [4.78, 5) is 13.4. The van der Waals surface area contributed by atoms with Crippen LogP contribution in [0.2, 0.25) is 0 Å². The molecular formula is C13H12BrF2NO3. The lowest BCUT2D eigenvalue weighted by Gasteiger charge is -2.18. The highest BCUT2D eigenvalue weighted by molar-refractivity contribution is 9.10. The van der Waals surface area contributed by atoms with Gasteiger partial charge in [0.05, 0.1) is 10.5 Å². The van der Waals surface area contributed by atoms with Gasteiger partial charge in [-0.05, 0) is 18.1 Å². The van der Waals surface area contributed by atoms with Gasteiger partial charge < -0.3 is 14.4 Å². The average Bonchev–Trinajstić information content (AvgIpc) is 2.86. The summed E-state index contributed by atoms with van der Waals surface area (Å²) in [6, 6.07) is 4.54. The largest absolute Gasteiger partial charge is 0.586 e. The van der Waals surface area contributed by atoms with Crippen LogP contribution in [0.1, 0.15) is 13.3 Å². The Balaban J connectivity index is 1.98. The third-order valence-electron chi connectivity index (χ3n) is 3.56. The van der Waals surface area contributed by atoms with Crippen LogP contribution in [0.3, 0.4) is 0 Å². The topological polar surface area (TPSA) is 38.8 Å². The van der Waals surface area contributed by atoms with Gasteiger partial charge in [-0.2, -0.15) is 0 Å². The van der Waals surface area contributed by atoms with Crippen LogP contribution in [0.25, 0.3) is 0 Å². The fraction of sp³-hybridized carbons (Fsp3) is 0.462. The van der Waals surface area contributed by atoms with Gasteiger partial charge in [-0.1, -0.05) is 35.3 Å². The van der Waals surface area contributed by atoms with Crippen LogP contribution in [-0.4, -0.2) is 23.6 Å². The lowest BCUT2D eigenvalue weighted by atomic mass is 10.1. The standard InChI is InChI=1S/C13H12BrF2NO3/c1-2-7-6-17(12(18)10(7)14)8-4-3-5-9-11(8)20-13(15,16)19-9/h3-5,7,10H,2,6H2,1H3. The molecule has 1 amide bonds. The van der Waals surface area contributed by atoms with Gasteiger partial charge in [0, 0.05) is 6.54 Å². The zero-order valence-corrected chi connectivity index (χ0v) is 12.2. The van der Waals surface area contributed by atoms with Crippen LogP contribution in [0, 0.1) is 5.92 Å². The maximum absolute atomic E-state index is 13.2. The van der Waals surface area contributed by atoms with E-state index >= 15 is 0 Å². The SMILES string of the molecule is CCC1CN(c2cccc3c2OC(F)(F)O3)C(=O)C1Br. The van der Waals surface area contributed by atoms with Crippen molar-refractivity contribution in [3.63, 3.8) is 0 Å². The number of carbonyl (C=O) groups is 1. The number of nitrogens with zero attached hydrogens (tertiary/aromatic N) is 1. The van der Waals surface area contributed by atoms with Crippen molar-refractivity contribution in [3.8, 4) is 11.5 Å². The van der Waals surface area contributed by atoms with Crippen molar-refractivity contribution in [3.05, 3.63) is 18.2 Å². The van der Waals surface area contributed by atoms with E-state index in [1.165, 1.54) is 11.0 Å². The maximum Gasteiger partial charge on any atom is 0.586 e. The number of amides is 1. The normalized spacial score (nSPS) is 27.2. The molecule has 1 saturated heterocycles. The number of ether oxygens (including phenoxy) is 2. The van der Waals surface area contributed by atoms with Crippen LogP contribution in [0.15, 0.2) is 18.2 Å². The fourth-order valence-corrected chi connectivity index (χ4v) is 3.28. The number of rotatable bonds is 2. The Morgan fingerprint density at radius 2 is 2.20 bits per heavy atom. The summed E-state index contributed by atoms with van der Waals surface area (Å²) in [6.07, 6.45) is -2.86. The molecule has 2 heterocycles. The molecule has 2 aliphatic rings. The number of fused-ring (bicyclic) bond motifs is 1. The first-order chi connectivity index (χ1) is 9.43. The molecule has 1 aromatic rings. The monoisotopic (exact) mass is 347 g/mol. The van der Waals surface area contributed by atoms with Gasteiger partial charge in [0.1, 0.15) is 0 Å². The number of benzene rings is 1. The van der Waals surface area contributed by atoms with Crippen molar-refractivity contribution < 1.29 is 23.0 Å². The Kier molecular flexibility index (Phi) is 3.12. The van der Waals surface area contributed by atoms with Gasteiger partial charge in [-0.25, -0.2) is 0 Å². The first-order valence-electron chi connectivity index (χ1n) is 6.27. The second-order valence-corrected chi connectivity index (χ2v) is 5.78. The third-order valence-corrected chi connectivity index (χ3v) is 4.70. The van der Waals surface area contributed by atoms with Gasteiger partial charge in [0.25, 0.3) is 0 Å². The summed E-state index contributed by atoms with van der Waals surface area (Å²) in [6.45, 7) is 2.45. The predicted molar refractivity (Wildman–Crippen MR) is 71.5 cm³/mol. The van der Waals surface area contributed by atoms with E-state index < -0.39 is 6.29 Å². The van der Waals surface area contributed by atoms with Crippen molar-refractivity contribution in [2.75, 3.05) is 11.4 Å². The highest BCUT2D eigenvalue weighted by Gasteiger charge is 2.47. The van der Waals surface area contributed by atoms with E-state index in [4.69, 9.17) is 0 Å². The average molecular weight is 348 g/mol.